The first kappa shape index (κ1) is 19.0. The second-order valence-electron chi connectivity index (χ2n) is 6.15. The topological polar surface area (TPSA) is 84.7 Å². The van der Waals surface area contributed by atoms with Crippen molar-refractivity contribution in [2.24, 2.45) is 11.7 Å². The lowest BCUT2D eigenvalue weighted by Crippen LogP contribution is -2.54. The zero-order valence-electron chi connectivity index (χ0n) is 13.4. The number of anilines is 1. The summed E-state index contributed by atoms with van der Waals surface area (Å²) in [5.74, 6) is 0.0992. The van der Waals surface area contributed by atoms with Gasteiger partial charge < -0.3 is 20.7 Å². The molecule has 0 aromatic heterocycles. The molecule has 1 aromatic rings. The van der Waals surface area contributed by atoms with Crippen LogP contribution in [0.25, 0.3) is 0 Å². The van der Waals surface area contributed by atoms with Gasteiger partial charge in [0.25, 0.3) is 0 Å². The Bertz CT molecular complexity index is 649. The highest BCUT2D eigenvalue weighted by Gasteiger charge is 2.56. The standard InChI is InChI=1S/C16H20BrN3O3.ClH/c1-2-23-14(21)12-5-11(17)3-4-13(12)19-15(22)20-8-10-6-16(20,7-10)9-18;/h3-5,10H,2,6-9,18H2,1H3,(H,19,22);1H. The fourth-order valence-electron chi connectivity index (χ4n) is 3.58. The van der Waals surface area contributed by atoms with Gasteiger partial charge in [-0.1, -0.05) is 15.9 Å². The SMILES string of the molecule is CCOC(=O)c1cc(Br)ccc1NC(=O)N1CC2CC1(CN)C2.Cl. The normalized spacial score (nSPS) is 24.0. The number of nitrogens with two attached hydrogens (primary N) is 1. The summed E-state index contributed by atoms with van der Waals surface area (Å²) in [6, 6.07) is 4.92. The number of carbonyl (C=O) groups excluding carboxylic acids is 2. The van der Waals surface area contributed by atoms with Gasteiger partial charge in [-0.25, -0.2) is 9.59 Å². The van der Waals surface area contributed by atoms with Gasteiger partial charge in [0.2, 0.25) is 0 Å². The molecule has 3 fully saturated rings. The van der Waals surface area contributed by atoms with Gasteiger partial charge in [-0.3, -0.25) is 0 Å². The molecule has 3 aliphatic rings. The predicted octanol–water partition coefficient (Wildman–Crippen LogP) is 3.00. The van der Waals surface area contributed by atoms with E-state index in [1.807, 2.05) is 4.90 Å². The molecule has 3 N–H and O–H groups in total. The van der Waals surface area contributed by atoms with Crippen molar-refractivity contribution in [3.8, 4) is 0 Å². The minimum Gasteiger partial charge on any atom is -0.462 e. The van der Waals surface area contributed by atoms with Crippen molar-refractivity contribution in [1.29, 1.82) is 0 Å². The van der Waals surface area contributed by atoms with Crippen LogP contribution in [0.3, 0.4) is 0 Å². The number of rotatable bonds is 4. The summed E-state index contributed by atoms with van der Waals surface area (Å²) in [5, 5.41) is 2.84. The first-order valence-electron chi connectivity index (χ1n) is 7.74. The van der Waals surface area contributed by atoms with E-state index in [1.165, 1.54) is 0 Å². The number of ether oxygens (including phenoxy) is 1. The van der Waals surface area contributed by atoms with Crippen LogP contribution in [0.2, 0.25) is 0 Å². The molecule has 2 amide bonds. The quantitative estimate of drug-likeness (QED) is 0.736. The largest absolute Gasteiger partial charge is 0.462 e. The summed E-state index contributed by atoms with van der Waals surface area (Å²) in [6.45, 7) is 3.23. The maximum atomic E-state index is 12.6. The molecule has 1 saturated carbocycles. The minimum atomic E-state index is -0.455. The summed E-state index contributed by atoms with van der Waals surface area (Å²) in [5.41, 5.74) is 6.45. The zero-order chi connectivity index (χ0) is 16.6. The van der Waals surface area contributed by atoms with Crippen LogP contribution in [0.1, 0.15) is 30.1 Å². The predicted molar refractivity (Wildman–Crippen MR) is 97.6 cm³/mol. The lowest BCUT2D eigenvalue weighted by molar-refractivity contribution is 0.0527. The van der Waals surface area contributed by atoms with Gasteiger partial charge in [-0.05, 0) is 43.9 Å². The van der Waals surface area contributed by atoms with Crippen LogP contribution in [0.15, 0.2) is 22.7 Å². The van der Waals surface area contributed by atoms with Crippen LogP contribution >= 0.6 is 28.3 Å². The van der Waals surface area contributed by atoms with Crippen LogP contribution in [0.5, 0.6) is 0 Å². The highest BCUT2D eigenvalue weighted by Crippen LogP contribution is 2.49. The number of benzene rings is 1. The molecule has 0 atom stereocenters. The van der Waals surface area contributed by atoms with Gasteiger partial charge in [-0.2, -0.15) is 0 Å². The van der Waals surface area contributed by atoms with Gasteiger partial charge in [0, 0.05) is 17.6 Å². The number of halogens is 2. The number of hydrogen-bond donors (Lipinski definition) is 2. The number of esters is 1. The third-order valence-corrected chi connectivity index (χ3v) is 5.19. The average molecular weight is 419 g/mol. The number of nitrogens with one attached hydrogen (secondary N) is 1. The molecule has 4 rings (SSSR count). The van der Waals surface area contributed by atoms with E-state index >= 15 is 0 Å². The second-order valence-corrected chi connectivity index (χ2v) is 7.07. The van der Waals surface area contributed by atoms with Crippen LogP contribution in [-0.4, -0.2) is 42.1 Å². The molecule has 6 nitrogen and oxygen atoms in total. The number of nitrogens with zero attached hydrogens (tertiary/aromatic N) is 1. The molecule has 0 spiro atoms. The van der Waals surface area contributed by atoms with E-state index in [4.69, 9.17) is 10.5 Å². The lowest BCUT2D eigenvalue weighted by atomic mass is 9.73. The Labute approximate surface area is 155 Å². The van der Waals surface area contributed by atoms with Gasteiger partial charge in [0.1, 0.15) is 0 Å². The number of fused-ring (bicyclic) bond motifs is 1. The summed E-state index contributed by atoms with van der Waals surface area (Å²) in [4.78, 5) is 26.5. The highest BCUT2D eigenvalue weighted by atomic mass is 79.9. The second kappa shape index (κ2) is 7.29. The van der Waals surface area contributed by atoms with Crippen molar-refractivity contribution >= 4 is 46.0 Å². The molecule has 0 radical (unpaired) electrons. The number of amides is 2. The third-order valence-electron chi connectivity index (χ3n) is 4.69. The summed E-state index contributed by atoms with van der Waals surface area (Å²) >= 11 is 3.34. The molecule has 2 bridgehead atoms. The molecule has 1 aromatic carbocycles. The maximum absolute atomic E-state index is 12.6. The van der Waals surface area contributed by atoms with Gasteiger partial charge in [-0.15, -0.1) is 12.4 Å². The Balaban J connectivity index is 0.00000208. The van der Waals surface area contributed by atoms with Crippen molar-refractivity contribution in [2.45, 2.75) is 25.3 Å². The van der Waals surface area contributed by atoms with E-state index in [2.05, 4.69) is 21.2 Å². The minimum absolute atomic E-state index is 0. The Morgan fingerprint density at radius 2 is 2.17 bits per heavy atom. The van der Waals surface area contributed by atoms with Crippen molar-refractivity contribution in [2.75, 3.05) is 25.0 Å². The zero-order valence-corrected chi connectivity index (χ0v) is 15.8. The van der Waals surface area contributed by atoms with E-state index in [1.54, 1.807) is 25.1 Å². The summed E-state index contributed by atoms with van der Waals surface area (Å²) < 4.78 is 5.81. The third kappa shape index (κ3) is 3.25. The summed E-state index contributed by atoms with van der Waals surface area (Å²) in [6.07, 6.45) is 1.95. The number of carbonyl (C=O) groups is 2. The van der Waals surface area contributed by atoms with Crippen molar-refractivity contribution in [3.05, 3.63) is 28.2 Å². The lowest BCUT2D eigenvalue weighted by Gasteiger charge is -2.41. The van der Waals surface area contributed by atoms with Crippen LogP contribution in [0, 0.1) is 5.92 Å². The first-order chi connectivity index (χ1) is 11.0. The van der Waals surface area contributed by atoms with Gasteiger partial charge in [0.05, 0.1) is 23.4 Å². The van der Waals surface area contributed by atoms with Crippen LogP contribution in [0.4, 0.5) is 10.5 Å². The molecule has 2 heterocycles. The van der Waals surface area contributed by atoms with E-state index < -0.39 is 5.97 Å². The van der Waals surface area contributed by atoms with Gasteiger partial charge >= 0.3 is 12.0 Å². The monoisotopic (exact) mass is 417 g/mol. The van der Waals surface area contributed by atoms with E-state index in [-0.39, 0.29) is 30.6 Å². The fraction of sp³-hybridized carbons (Fsp3) is 0.500. The Morgan fingerprint density at radius 1 is 1.46 bits per heavy atom. The van der Waals surface area contributed by atoms with Crippen molar-refractivity contribution < 1.29 is 14.3 Å². The number of hydrogen-bond acceptors (Lipinski definition) is 4. The molecular weight excluding hydrogens is 398 g/mol. The molecule has 1 aliphatic carbocycles. The molecule has 8 heteroatoms. The molecule has 2 aliphatic heterocycles. The smallest absolute Gasteiger partial charge is 0.340 e. The van der Waals surface area contributed by atoms with Crippen LogP contribution < -0.4 is 11.1 Å². The molecule has 24 heavy (non-hydrogen) atoms. The average Bonchev–Trinajstić information content (AvgIpc) is 3.04. The fourth-order valence-corrected chi connectivity index (χ4v) is 3.94. The molecular formula is C16H21BrClN3O3. The molecule has 2 saturated heterocycles. The number of urea groups is 1. The van der Waals surface area contributed by atoms with E-state index in [0.29, 0.717) is 23.7 Å². The molecule has 0 unspecified atom stereocenters. The van der Waals surface area contributed by atoms with Crippen molar-refractivity contribution in [3.63, 3.8) is 0 Å². The van der Waals surface area contributed by atoms with E-state index in [9.17, 15) is 9.59 Å². The summed E-state index contributed by atoms with van der Waals surface area (Å²) in [7, 11) is 0. The Hall–Kier alpha value is -1.31. The first-order valence-corrected chi connectivity index (χ1v) is 8.54. The Kier molecular flexibility index (Phi) is 5.78. The van der Waals surface area contributed by atoms with Gasteiger partial charge in [0.15, 0.2) is 0 Å². The maximum Gasteiger partial charge on any atom is 0.340 e. The molecule has 132 valence electrons. The van der Waals surface area contributed by atoms with Crippen LogP contribution in [-0.2, 0) is 4.74 Å². The van der Waals surface area contributed by atoms with E-state index in [0.717, 1.165) is 23.9 Å². The Morgan fingerprint density at radius 3 is 2.79 bits per heavy atom. The van der Waals surface area contributed by atoms with Crippen molar-refractivity contribution in [1.82, 2.24) is 4.90 Å². The highest BCUT2D eigenvalue weighted by molar-refractivity contribution is 9.10.